The molecule has 12 aromatic rings. The van der Waals surface area contributed by atoms with Crippen molar-refractivity contribution in [3.8, 4) is 33.6 Å². The minimum atomic E-state index is 0.0435. The minimum absolute atomic E-state index is 0.0435. The van der Waals surface area contributed by atoms with E-state index in [1.54, 1.807) is 0 Å². The minimum Gasteiger partial charge on any atom is -0.309 e. The van der Waals surface area contributed by atoms with Crippen LogP contribution < -0.4 is 0 Å². The van der Waals surface area contributed by atoms with Crippen molar-refractivity contribution in [2.75, 3.05) is 0 Å². The molecule has 0 saturated carbocycles. The molecule has 284 valence electrons. The highest BCUT2D eigenvalue weighted by molar-refractivity contribution is 6.24. The van der Waals surface area contributed by atoms with E-state index >= 15 is 0 Å². The molecule has 0 spiro atoms. The molecule has 0 bridgehead atoms. The zero-order valence-corrected chi connectivity index (χ0v) is 33.9. The molecule has 10 aromatic carbocycles. The van der Waals surface area contributed by atoms with Crippen molar-refractivity contribution in [3.05, 3.63) is 206 Å². The predicted molar refractivity (Wildman–Crippen MR) is 257 cm³/mol. The molecule has 12 rings (SSSR count). The summed E-state index contributed by atoms with van der Waals surface area (Å²) < 4.78 is 4.90. The summed E-state index contributed by atoms with van der Waals surface area (Å²) in [5.41, 5.74) is 13.5. The summed E-state index contributed by atoms with van der Waals surface area (Å²) in [6.45, 7) is 6.87. The lowest BCUT2D eigenvalue weighted by atomic mass is 9.82. The molecule has 0 aliphatic heterocycles. The Morgan fingerprint density at radius 1 is 0.317 bits per heavy atom. The number of hydrogen-bond donors (Lipinski definition) is 0. The van der Waals surface area contributed by atoms with Gasteiger partial charge in [0.15, 0.2) is 0 Å². The van der Waals surface area contributed by atoms with E-state index in [4.69, 9.17) is 0 Å². The second kappa shape index (κ2) is 13.0. The molecule has 0 atom stereocenters. The Kier molecular flexibility index (Phi) is 7.52. The number of hydrogen-bond acceptors (Lipinski definition) is 0. The number of benzene rings is 10. The Hall–Kier alpha value is -7.42. The Bertz CT molecular complexity index is 3570. The summed E-state index contributed by atoms with van der Waals surface area (Å²) in [5.74, 6) is 0. The van der Waals surface area contributed by atoms with Crippen molar-refractivity contribution >= 4 is 75.9 Å². The number of rotatable bonds is 4. The lowest BCUT2D eigenvalue weighted by Crippen LogP contribution is -2.10. The normalized spacial score (nSPS) is 12.2. The van der Waals surface area contributed by atoms with Crippen molar-refractivity contribution in [2.45, 2.75) is 26.2 Å². The Morgan fingerprint density at radius 2 is 0.733 bits per heavy atom. The van der Waals surface area contributed by atoms with Crippen molar-refractivity contribution in [3.63, 3.8) is 0 Å². The average Bonchev–Trinajstić information content (AvgIpc) is 3.81. The maximum absolute atomic E-state index is 2.46. The maximum Gasteiger partial charge on any atom is 0.0541 e. The van der Waals surface area contributed by atoms with Crippen LogP contribution >= 0.6 is 0 Å². The van der Waals surface area contributed by atoms with Crippen molar-refractivity contribution in [2.24, 2.45) is 0 Å². The summed E-state index contributed by atoms with van der Waals surface area (Å²) in [6.07, 6.45) is 0. The van der Waals surface area contributed by atoms with E-state index in [0.717, 1.165) is 11.4 Å². The monoisotopic (exact) mass is 766 g/mol. The molecule has 0 aliphatic rings. The molecule has 0 aliphatic carbocycles. The van der Waals surface area contributed by atoms with Gasteiger partial charge in [-0.2, -0.15) is 0 Å². The van der Waals surface area contributed by atoms with E-state index in [1.165, 1.54) is 104 Å². The third kappa shape index (κ3) is 5.14. The molecular weight excluding hydrogens is 725 g/mol. The predicted octanol–water partition coefficient (Wildman–Crippen LogP) is 16.0. The van der Waals surface area contributed by atoms with Gasteiger partial charge in [0.2, 0.25) is 0 Å². The largest absolute Gasteiger partial charge is 0.309 e. The van der Waals surface area contributed by atoms with E-state index in [1.807, 2.05) is 0 Å². The van der Waals surface area contributed by atoms with Crippen LogP contribution in [0.25, 0.3) is 110 Å². The van der Waals surface area contributed by atoms with E-state index in [2.05, 4.69) is 230 Å². The topological polar surface area (TPSA) is 9.86 Å². The van der Waals surface area contributed by atoms with Gasteiger partial charge >= 0.3 is 0 Å². The standard InChI is InChI=1S/C58H42N2/c1-58(2,3)39-29-27-38(28-30-39)56-48-33-31-41(60-54-25-12-8-20-45(54)46-21-9-13-26-55(46)60)36-51(48)57(47-22-14-16-37-15-4-5-17-42(37)47)49-34-32-40(35-50(49)56)59-52-23-10-6-18-43(52)44-19-7-11-24-53(44)59/h4-36H,1-3H3. The van der Waals surface area contributed by atoms with Crippen molar-refractivity contribution in [1.82, 2.24) is 9.13 Å². The fraction of sp³-hybridized carbons (Fsp3) is 0.0690. The number of para-hydroxylation sites is 4. The maximum atomic E-state index is 2.46. The highest BCUT2D eigenvalue weighted by Crippen LogP contribution is 2.48. The van der Waals surface area contributed by atoms with Crippen LogP contribution in [0.1, 0.15) is 26.3 Å². The van der Waals surface area contributed by atoms with Gasteiger partial charge in [0.25, 0.3) is 0 Å². The molecule has 2 heterocycles. The van der Waals surface area contributed by atoms with Crippen LogP contribution in [0.15, 0.2) is 200 Å². The van der Waals surface area contributed by atoms with Crippen LogP contribution in [0.5, 0.6) is 0 Å². The Morgan fingerprint density at radius 3 is 1.23 bits per heavy atom. The molecule has 0 radical (unpaired) electrons. The molecule has 0 saturated heterocycles. The molecule has 0 unspecified atom stereocenters. The zero-order valence-electron chi connectivity index (χ0n) is 33.9. The molecule has 2 nitrogen and oxygen atoms in total. The summed E-state index contributed by atoms with van der Waals surface area (Å²) in [5, 5.41) is 12.5. The molecule has 0 amide bonds. The first-order valence-electron chi connectivity index (χ1n) is 21.0. The van der Waals surface area contributed by atoms with Crippen LogP contribution in [0, 0.1) is 0 Å². The van der Waals surface area contributed by atoms with Crippen LogP contribution in [0.4, 0.5) is 0 Å². The van der Waals surface area contributed by atoms with Gasteiger partial charge in [0.05, 0.1) is 22.1 Å². The summed E-state index contributed by atoms with van der Waals surface area (Å²) in [7, 11) is 0. The third-order valence-corrected chi connectivity index (χ3v) is 12.9. The van der Waals surface area contributed by atoms with Crippen molar-refractivity contribution < 1.29 is 0 Å². The van der Waals surface area contributed by atoms with Crippen LogP contribution in [0.2, 0.25) is 0 Å². The summed E-state index contributed by atoms with van der Waals surface area (Å²) >= 11 is 0. The SMILES string of the molecule is CC(C)(C)c1ccc(-c2c3cc(-n4c5ccccc5c5ccccc54)ccc3c(-c3cccc4ccccc34)c3cc(-n4c5ccccc5c5ccccc54)ccc23)cc1. The van der Waals surface area contributed by atoms with Crippen LogP contribution in [0.3, 0.4) is 0 Å². The summed E-state index contributed by atoms with van der Waals surface area (Å²) in [4.78, 5) is 0. The van der Waals surface area contributed by atoms with E-state index in [0.29, 0.717) is 0 Å². The van der Waals surface area contributed by atoms with Gasteiger partial charge < -0.3 is 9.13 Å². The first-order valence-corrected chi connectivity index (χ1v) is 21.0. The quantitative estimate of drug-likeness (QED) is 0.158. The molecule has 2 heteroatoms. The zero-order chi connectivity index (χ0) is 40.1. The Balaban J connectivity index is 1.25. The molecule has 60 heavy (non-hydrogen) atoms. The third-order valence-electron chi connectivity index (χ3n) is 12.9. The molecular formula is C58H42N2. The number of aromatic nitrogens is 2. The second-order valence-corrected chi connectivity index (χ2v) is 17.3. The first-order chi connectivity index (χ1) is 29.4. The van der Waals surface area contributed by atoms with Gasteiger partial charge in [-0.15, -0.1) is 0 Å². The fourth-order valence-corrected chi connectivity index (χ4v) is 10.1. The van der Waals surface area contributed by atoms with E-state index < -0.39 is 0 Å². The van der Waals surface area contributed by atoms with Gasteiger partial charge in [0, 0.05) is 32.9 Å². The smallest absolute Gasteiger partial charge is 0.0541 e. The van der Waals surface area contributed by atoms with E-state index in [9.17, 15) is 0 Å². The van der Waals surface area contributed by atoms with Gasteiger partial charge in [-0.1, -0.05) is 172 Å². The van der Waals surface area contributed by atoms with E-state index in [-0.39, 0.29) is 5.41 Å². The van der Waals surface area contributed by atoms with Gasteiger partial charge in [-0.3, -0.25) is 0 Å². The fourth-order valence-electron chi connectivity index (χ4n) is 10.1. The summed E-state index contributed by atoms with van der Waals surface area (Å²) in [6, 6.07) is 74.6. The van der Waals surface area contributed by atoms with Gasteiger partial charge in [-0.05, 0) is 114 Å². The lowest BCUT2D eigenvalue weighted by Gasteiger charge is -2.22. The highest BCUT2D eigenvalue weighted by Gasteiger charge is 2.22. The van der Waals surface area contributed by atoms with Gasteiger partial charge in [-0.25, -0.2) is 0 Å². The second-order valence-electron chi connectivity index (χ2n) is 17.3. The highest BCUT2D eigenvalue weighted by atomic mass is 15.0. The van der Waals surface area contributed by atoms with Crippen LogP contribution in [-0.2, 0) is 5.41 Å². The van der Waals surface area contributed by atoms with Crippen LogP contribution in [-0.4, -0.2) is 9.13 Å². The molecule has 2 aromatic heterocycles. The number of nitrogens with zero attached hydrogens (tertiary/aromatic N) is 2. The van der Waals surface area contributed by atoms with Gasteiger partial charge in [0.1, 0.15) is 0 Å². The Labute approximate surface area is 349 Å². The average molecular weight is 767 g/mol. The molecule has 0 fully saturated rings. The van der Waals surface area contributed by atoms with Crippen molar-refractivity contribution in [1.29, 1.82) is 0 Å². The molecule has 0 N–H and O–H groups in total. The number of fused-ring (bicyclic) bond motifs is 9. The first kappa shape index (κ1) is 34.6. The lowest BCUT2D eigenvalue weighted by molar-refractivity contribution is 0.590.